The zero-order chi connectivity index (χ0) is 20.4. The number of fused-ring (bicyclic) bond motifs is 2. The van der Waals surface area contributed by atoms with E-state index < -0.39 is 11.6 Å². The SMILES string of the molecule is Cc1c(O)ccc2c(COC(=O)COc3ccc4ccccc4c3)cc(=O)oc12. The fourth-order valence-electron chi connectivity index (χ4n) is 3.13. The van der Waals surface area contributed by atoms with Crippen LogP contribution in [0.15, 0.2) is 69.9 Å². The zero-order valence-corrected chi connectivity index (χ0v) is 15.7. The Hall–Kier alpha value is -3.80. The lowest BCUT2D eigenvalue weighted by molar-refractivity contribution is -0.147. The Morgan fingerprint density at radius 2 is 1.83 bits per heavy atom. The van der Waals surface area contributed by atoms with Crippen molar-refractivity contribution in [1.82, 2.24) is 0 Å². The summed E-state index contributed by atoms with van der Waals surface area (Å²) in [7, 11) is 0. The van der Waals surface area contributed by atoms with Crippen LogP contribution in [-0.4, -0.2) is 17.7 Å². The monoisotopic (exact) mass is 390 g/mol. The minimum absolute atomic E-state index is 0.0265. The molecule has 146 valence electrons. The Kier molecular flexibility index (Phi) is 4.91. The van der Waals surface area contributed by atoms with E-state index in [0.717, 1.165) is 10.8 Å². The molecule has 0 saturated carbocycles. The number of esters is 1. The summed E-state index contributed by atoms with van der Waals surface area (Å²) in [5, 5.41) is 12.5. The van der Waals surface area contributed by atoms with E-state index >= 15 is 0 Å². The van der Waals surface area contributed by atoms with Gasteiger partial charge in [0.05, 0.1) is 0 Å². The van der Waals surface area contributed by atoms with Crippen LogP contribution in [0.2, 0.25) is 0 Å². The third-order valence-electron chi connectivity index (χ3n) is 4.68. The van der Waals surface area contributed by atoms with Crippen molar-refractivity contribution in [1.29, 1.82) is 0 Å². The molecule has 0 aliphatic heterocycles. The molecular weight excluding hydrogens is 372 g/mol. The first-order valence-electron chi connectivity index (χ1n) is 9.04. The number of phenols is 1. The number of aromatic hydroxyl groups is 1. The average Bonchev–Trinajstić information content (AvgIpc) is 2.73. The van der Waals surface area contributed by atoms with E-state index in [2.05, 4.69) is 0 Å². The summed E-state index contributed by atoms with van der Waals surface area (Å²) in [5.74, 6) is 0.0335. The Bertz CT molecular complexity index is 1270. The molecule has 0 spiro atoms. The molecule has 0 fully saturated rings. The van der Waals surface area contributed by atoms with Crippen LogP contribution >= 0.6 is 0 Å². The van der Waals surface area contributed by atoms with Crippen molar-refractivity contribution < 1.29 is 23.8 Å². The van der Waals surface area contributed by atoms with Gasteiger partial charge in [-0.05, 0) is 42.0 Å². The van der Waals surface area contributed by atoms with Crippen molar-refractivity contribution in [3.8, 4) is 11.5 Å². The van der Waals surface area contributed by atoms with Crippen molar-refractivity contribution in [2.75, 3.05) is 6.61 Å². The minimum atomic E-state index is -0.579. The van der Waals surface area contributed by atoms with Crippen molar-refractivity contribution in [3.63, 3.8) is 0 Å². The molecule has 0 unspecified atom stereocenters. The average molecular weight is 390 g/mol. The van der Waals surface area contributed by atoms with Crippen molar-refractivity contribution in [2.45, 2.75) is 13.5 Å². The molecule has 6 nitrogen and oxygen atoms in total. The number of rotatable bonds is 5. The second kappa shape index (κ2) is 7.67. The molecule has 0 bridgehead atoms. The van der Waals surface area contributed by atoms with Gasteiger partial charge in [-0.2, -0.15) is 0 Å². The smallest absolute Gasteiger partial charge is 0.344 e. The fourth-order valence-corrected chi connectivity index (χ4v) is 3.13. The number of aryl methyl sites for hydroxylation is 1. The van der Waals surface area contributed by atoms with Gasteiger partial charge in [-0.15, -0.1) is 0 Å². The Morgan fingerprint density at radius 1 is 1.03 bits per heavy atom. The Balaban J connectivity index is 1.44. The van der Waals surface area contributed by atoms with Crippen molar-refractivity contribution >= 4 is 27.7 Å². The number of carbonyl (C=O) groups excluding carboxylic acids is 1. The highest BCUT2D eigenvalue weighted by Gasteiger charge is 2.13. The van der Waals surface area contributed by atoms with Gasteiger partial charge in [-0.1, -0.05) is 30.3 Å². The van der Waals surface area contributed by atoms with Gasteiger partial charge in [-0.25, -0.2) is 9.59 Å². The van der Waals surface area contributed by atoms with Crippen LogP contribution in [0.4, 0.5) is 0 Å². The first-order chi connectivity index (χ1) is 14.0. The molecule has 4 aromatic rings. The largest absolute Gasteiger partial charge is 0.508 e. The molecule has 4 rings (SSSR count). The fraction of sp³-hybridized carbons (Fsp3) is 0.130. The van der Waals surface area contributed by atoms with Gasteiger partial charge in [-0.3, -0.25) is 0 Å². The first kappa shape index (κ1) is 18.6. The number of hydrogen-bond acceptors (Lipinski definition) is 6. The maximum Gasteiger partial charge on any atom is 0.344 e. The summed E-state index contributed by atoms with van der Waals surface area (Å²) < 4.78 is 16.0. The van der Waals surface area contributed by atoms with Gasteiger partial charge < -0.3 is 19.0 Å². The number of carbonyl (C=O) groups is 1. The molecule has 0 aliphatic rings. The highest BCUT2D eigenvalue weighted by atomic mass is 16.6. The summed E-state index contributed by atoms with van der Waals surface area (Å²) in [6, 6.07) is 17.8. The van der Waals surface area contributed by atoms with Crippen molar-refractivity contribution in [2.24, 2.45) is 0 Å². The number of phenolic OH excluding ortho intramolecular Hbond substituents is 1. The Morgan fingerprint density at radius 3 is 2.66 bits per heavy atom. The summed E-state index contributed by atoms with van der Waals surface area (Å²) in [4.78, 5) is 23.9. The van der Waals surface area contributed by atoms with E-state index in [1.54, 1.807) is 19.1 Å². The lowest BCUT2D eigenvalue weighted by Crippen LogP contribution is -2.15. The van der Waals surface area contributed by atoms with Crippen LogP contribution in [0.5, 0.6) is 11.5 Å². The van der Waals surface area contributed by atoms with Crippen LogP contribution in [0, 0.1) is 6.92 Å². The molecule has 1 heterocycles. The maximum atomic E-state index is 12.1. The quantitative estimate of drug-likeness (QED) is 0.408. The molecule has 0 aliphatic carbocycles. The van der Waals surface area contributed by atoms with E-state index in [4.69, 9.17) is 13.9 Å². The highest BCUT2D eigenvalue weighted by Crippen LogP contribution is 2.27. The molecule has 0 atom stereocenters. The summed E-state index contributed by atoms with van der Waals surface area (Å²) in [6.07, 6.45) is 0. The molecule has 6 heteroatoms. The molecule has 0 amide bonds. The van der Waals surface area contributed by atoms with Gasteiger partial charge in [0.1, 0.15) is 23.7 Å². The summed E-state index contributed by atoms with van der Waals surface area (Å²) >= 11 is 0. The second-order valence-electron chi connectivity index (χ2n) is 6.64. The van der Waals surface area contributed by atoms with Gasteiger partial charge in [0.15, 0.2) is 6.61 Å². The first-order valence-corrected chi connectivity index (χ1v) is 9.04. The molecule has 29 heavy (non-hydrogen) atoms. The summed E-state index contributed by atoms with van der Waals surface area (Å²) in [6.45, 7) is 1.29. The van der Waals surface area contributed by atoms with E-state index in [-0.39, 0.29) is 24.5 Å². The van der Waals surface area contributed by atoms with Crippen LogP contribution in [0.25, 0.3) is 21.7 Å². The third kappa shape index (κ3) is 3.91. The van der Waals surface area contributed by atoms with E-state index in [1.807, 2.05) is 36.4 Å². The van der Waals surface area contributed by atoms with Gasteiger partial charge in [0, 0.05) is 22.6 Å². The van der Waals surface area contributed by atoms with Gasteiger partial charge in [0.2, 0.25) is 0 Å². The lowest BCUT2D eigenvalue weighted by atomic mass is 10.1. The third-order valence-corrected chi connectivity index (χ3v) is 4.68. The molecule has 3 aromatic carbocycles. The Labute approximate surface area is 165 Å². The minimum Gasteiger partial charge on any atom is -0.508 e. The van der Waals surface area contributed by atoms with Crippen LogP contribution < -0.4 is 10.4 Å². The number of hydrogen-bond donors (Lipinski definition) is 1. The summed E-state index contributed by atoms with van der Waals surface area (Å²) in [5.41, 5.74) is 0.645. The number of ether oxygens (including phenoxy) is 2. The molecular formula is C23H18O6. The molecule has 0 saturated heterocycles. The van der Waals surface area contributed by atoms with E-state index in [9.17, 15) is 14.7 Å². The van der Waals surface area contributed by atoms with E-state index in [0.29, 0.717) is 22.3 Å². The normalized spacial score (nSPS) is 10.9. The maximum absolute atomic E-state index is 12.1. The lowest BCUT2D eigenvalue weighted by Gasteiger charge is -2.10. The molecule has 0 radical (unpaired) electrons. The predicted octanol–water partition coefficient (Wildman–Crippen LogP) is 4.08. The topological polar surface area (TPSA) is 86.0 Å². The highest BCUT2D eigenvalue weighted by molar-refractivity contribution is 5.85. The van der Waals surface area contributed by atoms with Crippen LogP contribution in [0.1, 0.15) is 11.1 Å². The predicted molar refractivity (Wildman–Crippen MR) is 108 cm³/mol. The van der Waals surface area contributed by atoms with Crippen LogP contribution in [0.3, 0.4) is 0 Å². The van der Waals surface area contributed by atoms with Gasteiger partial charge in [0.25, 0.3) is 0 Å². The zero-order valence-electron chi connectivity index (χ0n) is 15.7. The molecule has 1 N–H and O–H groups in total. The molecule has 1 aromatic heterocycles. The number of benzene rings is 3. The standard InChI is InChI=1S/C23H18O6/c1-14-20(24)9-8-19-17(11-21(25)29-23(14)19)12-28-22(26)13-27-18-7-6-15-4-2-3-5-16(15)10-18/h2-11,24H,12-13H2,1H3. The second-order valence-corrected chi connectivity index (χ2v) is 6.64. The van der Waals surface area contributed by atoms with Crippen molar-refractivity contribution in [3.05, 3.63) is 82.2 Å². The van der Waals surface area contributed by atoms with Crippen LogP contribution in [-0.2, 0) is 16.1 Å². The van der Waals surface area contributed by atoms with Gasteiger partial charge >= 0.3 is 11.6 Å². The van der Waals surface area contributed by atoms with E-state index in [1.165, 1.54) is 12.1 Å².